The van der Waals surface area contributed by atoms with E-state index in [1.807, 2.05) is 0 Å². The van der Waals surface area contributed by atoms with E-state index < -0.39 is 5.54 Å². The highest BCUT2D eigenvalue weighted by molar-refractivity contribution is 7.80. The molecule has 3 nitrogen and oxygen atoms in total. The van der Waals surface area contributed by atoms with Gasteiger partial charge in [-0.3, -0.25) is 4.79 Å². The molecule has 0 aliphatic heterocycles. The van der Waals surface area contributed by atoms with Gasteiger partial charge >= 0.3 is 0 Å². The monoisotopic (exact) mass is 312 g/mol. The predicted octanol–water partition coefficient (Wildman–Crippen LogP) is 3.80. The van der Waals surface area contributed by atoms with Gasteiger partial charge in [0.25, 0.3) is 0 Å². The Bertz CT molecular complexity index is 379. The molecule has 21 heavy (non-hydrogen) atoms. The van der Waals surface area contributed by atoms with Crippen LogP contribution in [0.3, 0.4) is 0 Å². The van der Waals surface area contributed by atoms with E-state index in [0.29, 0.717) is 23.2 Å². The fourth-order valence-electron chi connectivity index (χ4n) is 3.44. The van der Waals surface area contributed by atoms with Gasteiger partial charge in [-0.25, -0.2) is 0 Å². The van der Waals surface area contributed by atoms with Crippen molar-refractivity contribution in [3.8, 4) is 0 Å². The summed E-state index contributed by atoms with van der Waals surface area (Å²) in [7, 11) is 0. The Morgan fingerprint density at radius 2 is 1.90 bits per heavy atom. The molecule has 0 saturated heterocycles. The summed E-state index contributed by atoms with van der Waals surface area (Å²) < 4.78 is 0. The first-order chi connectivity index (χ1) is 9.54. The molecule has 1 fully saturated rings. The topological polar surface area (TPSA) is 55.1 Å². The van der Waals surface area contributed by atoms with Crippen molar-refractivity contribution in [2.24, 2.45) is 23.0 Å². The third kappa shape index (κ3) is 5.93. The Hall–Kier alpha value is -0.640. The molecule has 1 atom stereocenters. The minimum atomic E-state index is -0.444. The average molecular weight is 313 g/mol. The van der Waals surface area contributed by atoms with Crippen LogP contribution in [0.1, 0.15) is 73.1 Å². The second-order valence-electron chi connectivity index (χ2n) is 8.25. The Balaban J connectivity index is 2.60. The first-order valence-electron chi connectivity index (χ1n) is 8.15. The molecule has 1 amide bonds. The van der Waals surface area contributed by atoms with Crippen LogP contribution >= 0.6 is 12.2 Å². The summed E-state index contributed by atoms with van der Waals surface area (Å²) >= 11 is 5.25. The van der Waals surface area contributed by atoms with Gasteiger partial charge in [-0.15, -0.1) is 0 Å². The summed E-state index contributed by atoms with van der Waals surface area (Å²) in [5.41, 5.74) is 5.75. The molecule has 3 N–H and O–H groups in total. The van der Waals surface area contributed by atoms with E-state index in [9.17, 15) is 4.79 Å². The molecule has 1 aliphatic rings. The molecule has 0 radical (unpaired) electrons. The van der Waals surface area contributed by atoms with E-state index in [1.165, 1.54) is 0 Å². The van der Waals surface area contributed by atoms with Crippen LogP contribution in [0.4, 0.5) is 0 Å². The zero-order chi connectivity index (χ0) is 16.3. The largest absolute Gasteiger partial charge is 0.391 e. The van der Waals surface area contributed by atoms with Gasteiger partial charge in [0, 0.05) is 6.42 Å². The number of carbonyl (C=O) groups is 1. The summed E-state index contributed by atoms with van der Waals surface area (Å²) in [6.45, 7) is 11.0. The Kier molecular flexibility index (Phi) is 6.21. The molecule has 0 heterocycles. The molecule has 1 unspecified atom stereocenters. The molecule has 0 aromatic carbocycles. The van der Waals surface area contributed by atoms with Crippen LogP contribution in [0, 0.1) is 17.3 Å². The van der Waals surface area contributed by atoms with E-state index >= 15 is 0 Å². The lowest BCUT2D eigenvalue weighted by Gasteiger charge is -2.39. The summed E-state index contributed by atoms with van der Waals surface area (Å²) in [6.07, 6.45) is 5.50. The van der Waals surface area contributed by atoms with Gasteiger partial charge in [-0.05, 0) is 49.4 Å². The van der Waals surface area contributed by atoms with Crippen molar-refractivity contribution in [1.82, 2.24) is 5.32 Å². The molecular formula is C17H32N2OS. The molecule has 0 bridgehead atoms. The van der Waals surface area contributed by atoms with Crippen molar-refractivity contribution in [3.05, 3.63) is 0 Å². The van der Waals surface area contributed by atoms with Crippen molar-refractivity contribution < 1.29 is 4.79 Å². The second-order valence-corrected chi connectivity index (χ2v) is 8.69. The van der Waals surface area contributed by atoms with Crippen LogP contribution in [-0.4, -0.2) is 16.4 Å². The lowest BCUT2D eigenvalue weighted by Crippen LogP contribution is -2.58. The van der Waals surface area contributed by atoms with E-state index in [4.69, 9.17) is 18.0 Å². The van der Waals surface area contributed by atoms with Crippen LogP contribution in [0.15, 0.2) is 0 Å². The Morgan fingerprint density at radius 1 is 1.38 bits per heavy atom. The average Bonchev–Trinajstić information content (AvgIpc) is 2.29. The number of nitrogens with one attached hydrogen (secondary N) is 1. The third-order valence-corrected chi connectivity index (χ3v) is 4.86. The Labute approximate surface area is 135 Å². The van der Waals surface area contributed by atoms with Crippen molar-refractivity contribution in [2.45, 2.75) is 78.7 Å². The zero-order valence-corrected chi connectivity index (χ0v) is 15.1. The van der Waals surface area contributed by atoms with E-state index in [-0.39, 0.29) is 11.3 Å². The smallest absolute Gasteiger partial charge is 0.221 e. The summed E-state index contributed by atoms with van der Waals surface area (Å²) in [5.74, 6) is 1.16. The molecule has 1 aliphatic carbocycles. The van der Waals surface area contributed by atoms with Gasteiger partial charge in [0.05, 0.1) is 10.5 Å². The standard InChI is InChI=1S/C17H32N2OS/c1-12-6-8-17(9-7-12,15(18)21)19-14(20)10-13(2)11-16(3,4)5/h12-13H,6-11H2,1-5H3,(H2,18,21)(H,19,20). The summed E-state index contributed by atoms with van der Waals surface area (Å²) in [6, 6.07) is 0. The van der Waals surface area contributed by atoms with Crippen molar-refractivity contribution in [1.29, 1.82) is 0 Å². The lowest BCUT2D eigenvalue weighted by molar-refractivity contribution is -0.123. The van der Waals surface area contributed by atoms with Gasteiger partial charge in [-0.1, -0.05) is 46.8 Å². The first kappa shape index (κ1) is 18.4. The number of hydrogen-bond acceptors (Lipinski definition) is 2. The second kappa shape index (κ2) is 7.08. The summed E-state index contributed by atoms with van der Waals surface area (Å²) in [4.78, 5) is 12.8. The molecule has 122 valence electrons. The van der Waals surface area contributed by atoms with E-state index in [2.05, 4.69) is 39.9 Å². The van der Waals surface area contributed by atoms with Gasteiger partial charge in [0.2, 0.25) is 5.91 Å². The third-order valence-electron chi connectivity index (χ3n) is 4.47. The van der Waals surface area contributed by atoms with Crippen molar-refractivity contribution in [2.75, 3.05) is 0 Å². The maximum Gasteiger partial charge on any atom is 0.221 e. The molecule has 0 spiro atoms. The van der Waals surface area contributed by atoms with Gasteiger partial charge in [0.15, 0.2) is 0 Å². The minimum absolute atomic E-state index is 0.0918. The quantitative estimate of drug-likeness (QED) is 0.759. The molecule has 4 heteroatoms. The molecule has 1 rings (SSSR count). The molecule has 0 aromatic rings. The van der Waals surface area contributed by atoms with E-state index in [0.717, 1.165) is 32.1 Å². The normalized spacial score (nSPS) is 28.0. The van der Waals surface area contributed by atoms with Gasteiger partial charge in [0.1, 0.15) is 0 Å². The number of hydrogen-bond donors (Lipinski definition) is 2. The van der Waals surface area contributed by atoms with Crippen molar-refractivity contribution in [3.63, 3.8) is 0 Å². The number of nitrogens with two attached hydrogens (primary N) is 1. The van der Waals surface area contributed by atoms with Crippen molar-refractivity contribution >= 4 is 23.1 Å². The maximum absolute atomic E-state index is 12.4. The lowest BCUT2D eigenvalue weighted by atomic mass is 9.76. The van der Waals surface area contributed by atoms with Crippen LogP contribution < -0.4 is 11.1 Å². The van der Waals surface area contributed by atoms with Crippen LogP contribution in [0.2, 0.25) is 0 Å². The number of rotatable bonds is 5. The molecule has 0 aromatic heterocycles. The number of amides is 1. The summed E-state index contributed by atoms with van der Waals surface area (Å²) in [5, 5.41) is 3.16. The zero-order valence-electron chi connectivity index (χ0n) is 14.3. The highest BCUT2D eigenvalue weighted by Gasteiger charge is 2.38. The highest BCUT2D eigenvalue weighted by atomic mass is 32.1. The van der Waals surface area contributed by atoms with Gasteiger partial charge < -0.3 is 11.1 Å². The fourth-order valence-corrected chi connectivity index (χ4v) is 3.70. The van der Waals surface area contributed by atoms with Gasteiger partial charge in [-0.2, -0.15) is 0 Å². The minimum Gasteiger partial charge on any atom is -0.391 e. The predicted molar refractivity (Wildman–Crippen MR) is 93.1 cm³/mol. The SMILES string of the molecule is CC1CCC(NC(=O)CC(C)CC(C)(C)C)(C(N)=S)CC1. The van der Waals surface area contributed by atoms with Crippen LogP contribution in [0.25, 0.3) is 0 Å². The number of thiocarbonyl (C=S) groups is 1. The molecular weight excluding hydrogens is 280 g/mol. The first-order valence-corrected chi connectivity index (χ1v) is 8.56. The van der Waals surface area contributed by atoms with E-state index in [1.54, 1.807) is 0 Å². The maximum atomic E-state index is 12.4. The van der Waals surface area contributed by atoms with Crippen LogP contribution in [-0.2, 0) is 4.79 Å². The fraction of sp³-hybridized carbons (Fsp3) is 0.882. The van der Waals surface area contributed by atoms with Crippen LogP contribution in [0.5, 0.6) is 0 Å². The Morgan fingerprint density at radius 3 is 2.33 bits per heavy atom. The number of carbonyl (C=O) groups excluding carboxylic acids is 1. The molecule has 1 saturated carbocycles. The highest BCUT2D eigenvalue weighted by Crippen LogP contribution is 2.33.